The molecule has 0 heterocycles. The van der Waals surface area contributed by atoms with Crippen molar-refractivity contribution in [2.75, 3.05) is 6.61 Å². The minimum Gasteiger partial charge on any atom is -0.459 e. The highest BCUT2D eigenvalue weighted by atomic mass is 16.6. The molecule has 1 saturated carbocycles. The van der Waals surface area contributed by atoms with Crippen LogP contribution >= 0.6 is 0 Å². The standard InChI is InChI=1S/C14H24O4/c1-6-17-12(10-7-8-10)11(15)9(2)13(16)18-14(3,4)5/h9-10,12H,6-8H2,1-5H3. The summed E-state index contributed by atoms with van der Waals surface area (Å²) < 4.78 is 10.7. The lowest BCUT2D eigenvalue weighted by Gasteiger charge is -2.24. The van der Waals surface area contributed by atoms with Crippen LogP contribution < -0.4 is 0 Å². The Morgan fingerprint density at radius 2 is 1.83 bits per heavy atom. The topological polar surface area (TPSA) is 52.6 Å². The quantitative estimate of drug-likeness (QED) is 0.540. The molecule has 0 aliphatic heterocycles. The molecule has 1 fully saturated rings. The van der Waals surface area contributed by atoms with Crippen molar-refractivity contribution in [1.82, 2.24) is 0 Å². The van der Waals surface area contributed by atoms with Crippen molar-refractivity contribution >= 4 is 11.8 Å². The van der Waals surface area contributed by atoms with E-state index in [0.29, 0.717) is 12.5 Å². The number of rotatable bonds is 6. The number of esters is 1. The van der Waals surface area contributed by atoms with Crippen LogP contribution in [0.3, 0.4) is 0 Å². The zero-order valence-electron chi connectivity index (χ0n) is 12.0. The van der Waals surface area contributed by atoms with Gasteiger partial charge < -0.3 is 9.47 Å². The van der Waals surface area contributed by atoms with Gasteiger partial charge in [-0.3, -0.25) is 9.59 Å². The smallest absolute Gasteiger partial charge is 0.316 e. The molecular formula is C14H24O4. The minimum absolute atomic E-state index is 0.145. The normalized spacial score (nSPS) is 19.2. The molecule has 1 rings (SSSR count). The summed E-state index contributed by atoms with van der Waals surface area (Å²) in [5.74, 6) is -1.06. The lowest BCUT2D eigenvalue weighted by Crippen LogP contribution is -2.38. The van der Waals surface area contributed by atoms with Gasteiger partial charge in [-0.15, -0.1) is 0 Å². The van der Waals surface area contributed by atoms with Gasteiger partial charge in [0.15, 0.2) is 5.78 Å². The molecule has 0 amide bonds. The second-order valence-electron chi connectivity index (χ2n) is 5.87. The Labute approximate surface area is 109 Å². The molecule has 104 valence electrons. The molecule has 18 heavy (non-hydrogen) atoms. The summed E-state index contributed by atoms with van der Waals surface area (Å²) in [6, 6.07) is 0. The zero-order chi connectivity index (χ0) is 13.9. The average Bonchev–Trinajstić information content (AvgIpc) is 3.05. The number of carbonyl (C=O) groups excluding carboxylic acids is 2. The van der Waals surface area contributed by atoms with E-state index in [4.69, 9.17) is 9.47 Å². The third kappa shape index (κ3) is 4.41. The maximum absolute atomic E-state index is 12.2. The fourth-order valence-corrected chi connectivity index (χ4v) is 1.78. The van der Waals surface area contributed by atoms with E-state index in [1.165, 1.54) is 0 Å². The number of ether oxygens (including phenoxy) is 2. The van der Waals surface area contributed by atoms with Crippen LogP contribution in [0.2, 0.25) is 0 Å². The molecule has 4 nitrogen and oxygen atoms in total. The lowest BCUT2D eigenvalue weighted by atomic mass is 9.98. The zero-order valence-corrected chi connectivity index (χ0v) is 12.0. The molecule has 0 radical (unpaired) electrons. The van der Waals surface area contributed by atoms with Crippen LogP contribution in [0.25, 0.3) is 0 Å². The summed E-state index contributed by atoms with van der Waals surface area (Å²) in [5.41, 5.74) is -0.563. The first-order chi connectivity index (χ1) is 8.26. The van der Waals surface area contributed by atoms with Crippen LogP contribution in [0.1, 0.15) is 47.5 Å². The largest absolute Gasteiger partial charge is 0.459 e. The number of hydrogen-bond acceptors (Lipinski definition) is 4. The summed E-state index contributed by atoms with van der Waals surface area (Å²) >= 11 is 0. The molecule has 0 aromatic rings. The molecule has 4 heteroatoms. The first-order valence-corrected chi connectivity index (χ1v) is 6.64. The van der Waals surface area contributed by atoms with Crippen molar-refractivity contribution in [2.24, 2.45) is 11.8 Å². The highest BCUT2D eigenvalue weighted by Gasteiger charge is 2.41. The fraction of sp³-hybridized carbons (Fsp3) is 0.857. The Bertz CT molecular complexity index is 312. The van der Waals surface area contributed by atoms with E-state index in [-0.39, 0.29) is 5.78 Å². The van der Waals surface area contributed by atoms with Gasteiger partial charge >= 0.3 is 5.97 Å². The Morgan fingerprint density at radius 1 is 1.28 bits per heavy atom. The van der Waals surface area contributed by atoms with E-state index >= 15 is 0 Å². The van der Waals surface area contributed by atoms with E-state index in [2.05, 4.69) is 0 Å². The van der Waals surface area contributed by atoms with Gasteiger partial charge in [-0.05, 0) is 53.4 Å². The van der Waals surface area contributed by atoms with Crippen LogP contribution in [0.15, 0.2) is 0 Å². The first kappa shape index (κ1) is 15.2. The molecular weight excluding hydrogens is 232 g/mol. The van der Waals surface area contributed by atoms with Crippen molar-refractivity contribution in [3.63, 3.8) is 0 Å². The number of carbonyl (C=O) groups is 2. The Morgan fingerprint density at radius 3 is 2.22 bits per heavy atom. The van der Waals surface area contributed by atoms with Crippen molar-refractivity contribution in [1.29, 1.82) is 0 Å². The van der Waals surface area contributed by atoms with E-state index in [1.54, 1.807) is 27.7 Å². The summed E-state index contributed by atoms with van der Waals surface area (Å²) in [4.78, 5) is 24.1. The van der Waals surface area contributed by atoms with Gasteiger partial charge in [0.1, 0.15) is 17.6 Å². The second kappa shape index (κ2) is 5.83. The van der Waals surface area contributed by atoms with Crippen molar-refractivity contribution in [3.8, 4) is 0 Å². The Kier molecular flexibility index (Phi) is 4.91. The molecule has 0 spiro atoms. The van der Waals surface area contributed by atoms with E-state index in [0.717, 1.165) is 12.8 Å². The monoisotopic (exact) mass is 256 g/mol. The molecule has 1 aliphatic carbocycles. The maximum atomic E-state index is 12.2. The van der Waals surface area contributed by atoms with Gasteiger partial charge in [-0.25, -0.2) is 0 Å². The molecule has 0 bridgehead atoms. The molecule has 0 aromatic heterocycles. The van der Waals surface area contributed by atoms with Gasteiger partial charge in [0.25, 0.3) is 0 Å². The summed E-state index contributed by atoms with van der Waals surface area (Å²) in [5, 5.41) is 0. The van der Waals surface area contributed by atoms with Crippen LogP contribution in [-0.2, 0) is 19.1 Å². The summed E-state index contributed by atoms with van der Waals surface area (Å²) in [7, 11) is 0. The summed E-state index contributed by atoms with van der Waals surface area (Å²) in [6.45, 7) is 9.34. The Balaban J connectivity index is 2.60. The number of ketones is 1. The van der Waals surface area contributed by atoms with E-state index in [1.807, 2.05) is 6.92 Å². The SMILES string of the molecule is CCOC(C(=O)C(C)C(=O)OC(C)(C)C)C1CC1. The second-order valence-corrected chi connectivity index (χ2v) is 5.87. The van der Waals surface area contributed by atoms with Gasteiger partial charge in [-0.2, -0.15) is 0 Å². The third-order valence-electron chi connectivity index (χ3n) is 2.86. The first-order valence-electron chi connectivity index (χ1n) is 6.64. The molecule has 0 saturated heterocycles. The van der Waals surface area contributed by atoms with Gasteiger partial charge in [-0.1, -0.05) is 0 Å². The molecule has 1 aliphatic rings. The lowest BCUT2D eigenvalue weighted by molar-refractivity contribution is -0.163. The Hall–Kier alpha value is -0.900. The number of Topliss-reactive ketones (excluding diaryl/α,β-unsaturated/α-hetero) is 1. The van der Waals surface area contributed by atoms with Gasteiger partial charge in [0, 0.05) is 6.61 Å². The summed E-state index contributed by atoms with van der Waals surface area (Å²) in [6.07, 6.45) is 1.59. The van der Waals surface area contributed by atoms with Gasteiger partial charge in [0.2, 0.25) is 0 Å². The predicted octanol–water partition coefficient (Wildman–Crippen LogP) is 2.35. The van der Waals surface area contributed by atoms with Crippen molar-refractivity contribution in [2.45, 2.75) is 59.2 Å². The highest BCUT2D eigenvalue weighted by Crippen LogP contribution is 2.36. The van der Waals surface area contributed by atoms with Crippen LogP contribution in [0, 0.1) is 11.8 Å². The molecule has 0 aromatic carbocycles. The van der Waals surface area contributed by atoms with Crippen LogP contribution in [-0.4, -0.2) is 30.1 Å². The fourth-order valence-electron chi connectivity index (χ4n) is 1.78. The van der Waals surface area contributed by atoms with Crippen LogP contribution in [0.5, 0.6) is 0 Å². The molecule has 2 atom stereocenters. The average molecular weight is 256 g/mol. The number of hydrogen-bond donors (Lipinski definition) is 0. The third-order valence-corrected chi connectivity index (χ3v) is 2.86. The highest BCUT2D eigenvalue weighted by molar-refractivity contribution is 6.01. The van der Waals surface area contributed by atoms with Crippen molar-refractivity contribution < 1.29 is 19.1 Å². The van der Waals surface area contributed by atoms with E-state index < -0.39 is 23.6 Å². The van der Waals surface area contributed by atoms with Crippen molar-refractivity contribution in [3.05, 3.63) is 0 Å². The van der Waals surface area contributed by atoms with Crippen LogP contribution in [0.4, 0.5) is 0 Å². The molecule has 0 N–H and O–H groups in total. The minimum atomic E-state index is -0.749. The van der Waals surface area contributed by atoms with Gasteiger partial charge in [0.05, 0.1) is 0 Å². The van der Waals surface area contributed by atoms with E-state index in [9.17, 15) is 9.59 Å². The molecule has 2 unspecified atom stereocenters. The maximum Gasteiger partial charge on any atom is 0.316 e. The predicted molar refractivity (Wildman–Crippen MR) is 68.2 cm³/mol.